The molecule has 0 aromatic carbocycles. The van der Waals surface area contributed by atoms with E-state index in [-0.39, 0.29) is 11.4 Å². The van der Waals surface area contributed by atoms with Crippen LogP contribution in [0.2, 0.25) is 0 Å². The van der Waals surface area contributed by atoms with Crippen LogP contribution in [-0.4, -0.2) is 40.5 Å². The highest BCUT2D eigenvalue weighted by Crippen LogP contribution is 2.33. The second kappa shape index (κ2) is 5.69. The number of rotatable bonds is 2. The van der Waals surface area contributed by atoms with Gasteiger partial charge >= 0.3 is 0 Å². The summed E-state index contributed by atoms with van der Waals surface area (Å²) in [7, 11) is 0. The van der Waals surface area contributed by atoms with Crippen molar-refractivity contribution in [1.82, 2.24) is 15.2 Å². The molecule has 1 aromatic rings. The second-order valence-electron chi connectivity index (χ2n) is 6.61. The fourth-order valence-electron chi connectivity index (χ4n) is 3.91. The summed E-state index contributed by atoms with van der Waals surface area (Å²) in [6.45, 7) is 8.31. The number of nitrogens with zero attached hydrogens (tertiary/aromatic N) is 2. The molecule has 116 valence electrons. The van der Waals surface area contributed by atoms with Crippen molar-refractivity contribution in [2.24, 2.45) is 0 Å². The molecule has 2 atom stereocenters. The lowest BCUT2D eigenvalue weighted by Gasteiger charge is -2.51. The fourth-order valence-corrected chi connectivity index (χ4v) is 4.84. The molecule has 0 unspecified atom stereocenters. The molecule has 1 N–H and O–H groups in total. The number of thiazole rings is 1. The number of carbonyl (C=O) groups is 1. The second-order valence-corrected chi connectivity index (χ2v) is 7.90. The Hall–Kier alpha value is -0.940. The van der Waals surface area contributed by atoms with Crippen molar-refractivity contribution in [2.45, 2.75) is 64.5 Å². The van der Waals surface area contributed by atoms with Crippen LogP contribution in [0.3, 0.4) is 0 Å². The minimum absolute atomic E-state index is 0.116. The molecule has 1 aromatic heterocycles. The SMILES string of the molecule is Cc1nc(C)c(CC(=O)N2CCC[C@]3(C)NCCC[C@@H]23)s1. The van der Waals surface area contributed by atoms with Gasteiger partial charge in [-0.3, -0.25) is 4.79 Å². The van der Waals surface area contributed by atoms with E-state index >= 15 is 0 Å². The maximum absolute atomic E-state index is 12.8. The van der Waals surface area contributed by atoms with Crippen molar-refractivity contribution in [3.05, 3.63) is 15.6 Å². The summed E-state index contributed by atoms with van der Waals surface area (Å²) in [5, 5.41) is 4.71. The molecule has 3 heterocycles. The first-order valence-corrected chi connectivity index (χ1v) is 8.79. The van der Waals surface area contributed by atoms with Crippen molar-refractivity contribution in [2.75, 3.05) is 13.1 Å². The number of aromatic nitrogens is 1. The van der Waals surface area contributed by atoms with Gasteiger partial charge in [0.15, 0.2) is 0 Å². The third-order valence-corrected chi connectivity index (χ3v) is 6.09. The fraction of sp³-hybridized carbons (Fsp3) is 0.750. The highest BCUT2D eigenvalue weighted by atomic mass is 32.1. The van der Waals surface area contributed by atoms with Gasteiger partial charge in [0, 0.05) is 23.0 Å². The first kappa shape index (κ1) is 15.0. The maximum Gasteiger partial charge on any atom is 0.228 e. The zero-order chi connectivity index (χ0) is 15.0. The van der Waals surface area contributed by atoms with E-state index in [1.807, 2.05) is 13.8 Å². The number of amides is 1. The van der Waals surface area contributed by atoms with E-state index < -0.39 is 0 Å². The van der Waals surface area contributed by atoms with Gasteiger partial charge in [0.2, 0.25) is 5.91 Å². The molecule has 2 aliphatic heterocycles. The number of likely N-dealkylation sites (tertiary alicyclic amines) is 1. The van der Waals surface area contributed by atoms with E-state index in [1.54, 1.807) is 11.3 Å². The third kappa shape index (κ3) is 2.86. The molecule has 3 rings (SSSR count). The van der Waals surface area contributed by atoms with Crippen LogP contribution in [-0.2, 0) is 11.2 Å². The van der Waals surface area contributed by atoms with Crippen molar-refractivity contribution in [3.8, 4) is 0 Å². The topological polar surface area (TPSA) is 45.2 Å². The number of hydrogen-bond acceptors (Lipinski definition) is 4. The zero-order valence-electron chi connectivity index (χ0n) is 13.2. The van der Waals surface area contributed by atoms with Crippen LogP contribution in [0.4, 0.5) is 0 Å². The Morgan fingerprint density at radius 2 is 2.29 bits per heavy atom. The van der Waals surface area contributed by atoms with Crippen molar-refractivity contribution < 1.29 is 4.79 Å². The average molecular weight is 307 g/mol. The van der Waals surface area contributed by atoms with Gasteiger partial charge in [-0.05, 0) is 53.0 Å². The number of piperidine rings is 2. The largest absolute Gasteiger partial charge is 0.338 e. The van der Waals surface area contributed by atoms with Crippen LogP contribution in [0.1, 0.15) is 48.2 Å². The zero-order valence-corrected chi connectivity index (χ0v) is 14.1. The molecule has 0 spiro atoms. The molecule has 1 amide bonds. The summed E-state index contributed by atoms with van der Waals surface area (Å²) in [5.74, 6) is 0.279. The van der Waals surface area contributed by atoms with Gasteiger partial charge in [-0.15, -0.1) is 11.3 Å². The predicted molar refractivity (Wildman–Crippen MR) is 85.7 cm³/mol. The standard InChI is InChI=1S/C16H25N3OS/c1-11-13(21-12(2)18-11)10-15(20)19-9-5-7-16(3)14(19)6-4-8-17-16/h14,17H,4-10H2,1-3H3/t14-,16+/m1/s1. The van der Waals surface area contributed by atoms with Crippen LogP contribution in [0.15, 0.2) is 0 Å². The number of carbonyl (C=O) groups excluding carboxylic acids is 1. The number of hydrogen-bond donors (Lipinski definition) is 1. The number of fused-ring (bicyclic) bond motifs is 1. The smallest absolute Gasteiger partial charge is 0.228 e. The Bertz CT molecular complexity index is 538. The van der Waals surface area contributed by atoms with E-state index in [4.69, 9.17) is 0 Å². The minimum Gasteiger partial charge on any atom is -0.338 e. The van der Waals surface area contributed by atoms with Gasteiger partial charge in [-0.2, -0.15) is 0 Å². The molecule has 0 saturated carbocycles. The molecule has 0 bridgehead atoms. The highest BCUT2D eigenvalue weighted by molar-refractivity contribution is 7.11. The molecule has 0 aliphatic carbocycles. The van der Waals surface area contributed by atoms with Crippen LogP contribution >= 0.6 is 11.3 Å². The molecule has 2 aliphatic rings. The summed E-state index contributed by atoms with van der Waals surface area (Å²) >= 11 is 1.66. The first-order valence-electron chi connectivity index (χ1n) is 7.97. The van der Waals surface area contributed by atoms with E-state index in [0.717, 1.165) is 41.5 Å². The highest BCUT2D eigenvalue weighted by Gasteiger charge is 2.43. The van der Waals surface area contributed by atoms with Gasteiger partial charge in [-0.25, -0.2) is 4.98 Å². The molecule has 0 radical (unpaired) electrons. The lowest BCUT2D eigenvalue weighted by molar-refractivity contribution is -0.137. The lowest BCUT2D eigenvalue weighted by Crippen LogP contribution is -2.66. The maximum atomic E-state index is 12.8. The predicted octanol–water partition coefficient (Wildman–Crippen LogP) is 2.44. The normalized spacial score (nSPS) is 29.3. The minimum atomic E-state index is 0.116. The summed E-state index contributed by atoms with van der Waals surface area (Å²) in [5.41, 5.74) is 1.14. The number of nitrogens with one attached hydrogen (secondary N) is 1. The summed E-state index contributed by atoms with van der Waals surface area (Å²) in [6.07, 6.45) is 5.11. The average Bonchev–Trinajstić information content (AvgIpc) is 2.75. The molecule has 21 heavy (non-hydrogen) atoms. The lowest BCUT2D eigenvalue weighted by atomic mass is 9.77. The van der Waals surface area contributed by atoms with Crippen LogP contribution in [0.5, 0.6) is 0 Å². The van der Waals surface area contributed by atoms with Gasteiger partial charge in [0.1, 0.15) is 0 Å². The van der Waals surface area contributed by atoms with Crippen LogP contribution in [0, 0.1) is 13.8 Å². The number of aryl methyl sites for hydroxylation is 2. The van der Waals surface area contributed by atoms with Crippen molar-refractivity contribution in [3.63, 3.8) is 0 Å². The Morgan fingerprint density at radius 3 is 3.00 bits per heavy atom. The van der Waals surface area contributed by atoms with Crippen molar-refractivity contribution in [1.29, 1.82) is 0 Å². The quantitative estimate of drug-likeness (QED) is 0.913. The Labute approximate surface area is 130 Å². The van der Waals surface area contributed by atoms with E-state index in [1.165, 1.54) is 12.8 Å². The third-order valence-electron chi connectivity index (χ3n) is 5.02. The first-order chi connectivity index (χ1) is 9.99. The van der Waals surface area contributed by atoms with E-state index in [0.29, 0.717) is 12.5 Å². The van der Waals surface area contributed by atoms with Gasteiger partial charge in [-0.1, -0.05) is 0 Å². The van der Waals surface area contributed by atoms with Gasteiger partial charge < -0.3 is 10.2 Å². The van der Waals surface area contributed by atoms with E-state index in [9.17, 15) is 4.79 Å². The van der Waals surface area contributed by atoms with Gasteiger partial charge in [0.05, 0.1) is 17.1 Å². The van der Waals surface area contributed by atoms with Crippen LogP contribution < -0.4 is 5.32 Å². The van der Waals surface area contributed by atoms with Gasteiger partial charge in [0.25, 0.3) is 0 Å². The summed E-state index contributed by atoms with van der Waals surface area (Å²) in [4.78, 5) is 20.5. The molecular weight excluding hydrogens is 282 g/mol. The van der Waals surface area contributed by atoms with Crippen LogP contribution in [0.25, 0.3) is 0 Å². The Morgan fingerprint density at radius 1 is 1.48 bits per heavy atom. The molecule has 2 saturated heterocycles. The molecule has 2 fully saturated rings. The Balaban J connectivity index is 1.75. The molecular formula is C16H25N3OS. The van der Waals surface area contributed by atoms with Crippen molar-refractivity contribution >= 4 is 17.2 Å². The van der Waals surface area contributed by atoms with E-state index in [2.05, 4.69) is 22.1 Å². The Kier molecular flexibility index (Phi) is 4.06. The molecule has 4 nitrogen and oxygen atoms in total. The summed E-state index contributed by atoms with van der Waals surface area (Å²) < 4.78 is 0. The summed E-state index contributed by atoms with van der Waals surface area (Å²) in [6, 6.07) is 0.363. The monoisotopic (exact) mass is 307 g/mol. The molecule has 5 heteroatoms.